The zero-order valence-corrected chi connectivity index (χ0v) is 30.4. The van der Waals surface area contributed by atoms with Gasteiger partial charge >= 0.3 is 0 Å². The molecule has 0 aliphatic carbocycles. The van der Waals surface area contributed by atoms with Crippen molar-refractivity contribution in [2.45, 2.75) is 0 Å². The van der Waals surface area contributed by atoms with E-state index in [0.717, 1.165) is 11.4 Å². The third-order valence-electron chi connectivity index (χ3n) is 10.5. The number of rotatable bonds is 7. The molecule has 0 atom stereocenters. The van der Waals surface area contributed by atoms with Crippen LogP contribution in [-0.2, 0) is 0 Å². The highest BCUT2D eigenvalue weighted by molar-refractivity contribution is 7.26. The predicted molar refractivity (Wildman–Crippen MR) is 233 cm³/mol. The van der Waals surface area contributed by atoms with Crippen molar-refractivity contribution in [3.8, 4) is 44.5 Å². The lowest BCUT2D eigenvalue weighted by atomic mass is 9.94. The molecule has 1 heterocycles. The summed E-state index contributed by atoms with van der Waals surface area (Å²) in [6.07, 6.45) is 0. The molecule has 10 aromatic rings. The van der Waals surface area contributed by atoms with Crippen LogP contribution in [0.3, 0.4) is 0 Å². The van der Waals surface area contributed by atoms with E-state index >= 15 is 0 Å². The van der Waals surface area contributed by atoms with E-state index in [9.17, 15) is 0 Å². The van der Waals surface area contributed by atoms with E-state index in [2.05, 4.69) is 217 Å². The Morgan fingerprint density at radius 2 is 0.907 bits per heavy atom. The molecule has 0 aliphatic rings. The molecule has 1 aromatic heterocycles. The van der Waals surface area contributed by atoms with E-state index in [0.29, 0.717) is 0 Å². The lowest BCUT2D eigenvalue weighted by Crippen LogP contribution is -2.10. The third-order valence-corrected chi connectivity index (χ3v) is 11.7. The molecule has 2 heteroatoms. The fraction of sp³-hybridized carbons (Fsp3) is 0. The van der Waals surface area contributed by atoms with Crippen molar-refractivity contribution in [3.63, 3.8) is 0 Å². The summed E-state index contributed by atoms with van der Waals surface area (Å²) in [7, 11) is 0. The van der Waals surface area contributed by atoms with Gasteiger partial charge in [0.2, 0.25) is 0 Å². The second kappa shape index (κ2) is 13.7. The van der Waals surface area contributed by atoms with E-state index in [1.165, 1.54) is 81.1 Å². The standard InChI is InChI=1S/C52H35NS/c1-2-14-38(15-3-1)46-21-6-7-22-47(46)43-19-11-20-45(35-43)53(50-25-12-24-49-48-23-8-9-26-51(48)54-52(49)50)44-31-29-37(30-32-44)40-17-10-18-41(33-40)42-28-27-36-13-4-5-16-39(36)34-42/h1-35H. The molecule has 0 unspecified atom stereocenters. The normalized spacial score (nSPS) is 11.3. The van der Waals surface area contributed by atoms with Crippen LogP contribution in [-0.4, -0.2) is 0 Å². The predicted octanol–water partition coefficient (Wildman–Crippen LogP) is 15.3. The molecule has 1 nitrogen and oxygen atoms in total. The summed E-state index contributed by atoms with van der Waals surface area (Å²) in [5.74, 6) is 0. The van der Waals surface area contributed by atoms with Crippen molar-refractivity contribution in [1.29, 1.82) is 0 Å². The molecule has 0 fully saturated rings. The molecule has 0 aliphatic heterocycles. The lowest BCUT2D eigenvalue weighted by molar-refractivity contribution is 1.30. The number of hydrogen-bond donors (Lipinski definition) is 0. The quantitative estimate of drug-likeness (QED) is 0.160. The molecule has 54 heavy (non-hydrogen) atoms. The van der Waals surface area contributed by atoms with Crippen LogP contribution in [0.4, 0.5) is 17.1 Å². The molecular formula is C52H35NS. The second-order valence-electron chi connectivity index (χ2n) is 13.7. The van der Waals surface area contributed by atoms with E-state index in [4.69, 9.17) is 0 Å². The topological polar surface area (TPSA) is 3.24 Å². The summed E-state index contributed by atoms with van der Waals surface area (Å²) in [6.45, 7) is 0. The van der Waals surface area contributed by atoms with E-state index in [1.807, 2.05) is 11.3 Å². The zero-order chi connectivity index (χ0) is 35.8. The number of benzene rings is 9. The number of thiophene rings is 1. The Hall–Kier alpha value is -6.74. The molecule has 10 rings (SSSR count). The van der Waals surface area contributed by atoms with Crippen LogP contribution in [0.5, 0.6) is 0 Å². The molecular weight excluding hydrogens is 671 g/mol. The summed E-state index contributed by atoms with van der Waals surface area (Å²) < 4.78 is 2.58. The van der Waals surface area contributed by atoms with Crippen molar-refractivity contribution in [2.75, 3.05) is 4.90 Å². The molecule has 9 aromatic carbocycles. The second-order valence-corrected chi connectivity index (χ2v) is 14.8. The minimum atomic E-state index is 1.11. The fourth-order valence-corrected chi connectivity index (χ4v) is 9.01. The Balaban J connectivity index is 1.09. The Morgan fingerprint density at radius 3 is 1.76 bits per heavy atom. The first kappa shape index (κ1) is 32.0. The summed E-state index contributed by atoms with van der Waals surface area (Å²) in [5, 5.41) is 5.10. The van der Waals surface area contributed by atoms with Crippen molar-refractivity contribution in [1.82, 2.24) is 0 Å². The summed E-state index contributed by atoms with van der Waals surface area (Å²) in [6, 6.07) is 77.1. The van der Waals surface area contributed by atoms with Crippen LogP contribution >= 0.6 is 11.3 Å². The van der Waals surface area contributed by atoms with Crippen LogP contribution in [0.1, 0.15) is 0 Å². The van der Waals surface area contributed by atoms with Gasteiger partial charge in [-0.1, -0.05) is 164 Å². The van der Waals surface area contributed by atoms with Gasteiger partial charge in [-0.3, -0.25) is 0 Å². The van der Waals surface area contributed by atoms with Gasteiger partial charge in [-0.2, -0.15) is 0 Å². The molecule has 254 valence electrons. The van der Waals surface area contributed by atoms with Gasteiger partial charge in [0.25, 0.3) is 0 Å². The first-order valence-corrected chi connectivity index (χ1v) is 19.2. The maximum atomic E-state index is 2.43. The molecule has 0 amide bonds. The van der Waals surface area contributed by atoms with Crippen LogP contribution in [0.25, 0.3) is 75.5 Å². The van der Waals surface area contributed by atoms with Crippen molar-refractivity contribution >= 4 is 59.3 Å². The number of anilines is 3. The first-order chi connectivity index (χ1) is 26.8. The van der Waals surface area contributed by atoms with Gasteiger partial charge in [-0.25, -0.2) is 0 Å². The summed E-state index contributed by atoms with van der Waals surface area (Å²) in [5.41, 5.74) is 13.1. The molecule has 0 N–H and O–H groups in total. The number of hydrogen-bond acceptors (Lipinski definition) is 2. The van der Waals surface area contributed by atoms with Crippen molar-refractivity contribution < 1.29 is 0 Å². The van der Waals surface area contributed by atoms with Gasteiger partial charge in [0.1, 0.15) is 0 Å². The summed E-state index contributed by atoms with van der Waals surface area (Å²) in [4.78, 5) is 2.43. The minimum absolute atomic E-state index is 1.11. The molecule has 0 saturated carbocycles. The Kier molecular flexibility index (Phi) is 8.09. The Labute approximate surface area is 319 Å². The Morgan fingerprint density at radius 1 is 0.315 bits per heavy atom. The molecule has 0 spiro atoms. The average Bonchev–Trinajstić information content (AvgIpc) is 3.64. The van der Waals surface area contributed by atoms with E-state index < -0.39 is 0 Å². The highest BCUT2D eigenvalue weighted by atomic mass is 32.1. The van der Waals surface area contributed by atoms with Gasteiger partial charge in [-0.15, -0.1) is 11.3 Å². The van der Waals surface area contributed by atoms with Gasteiger partial charge in [0, 0.05) is 26.8 Å². The van der Waals surface area contributed by atoms with Crippen molar-refractivity contribution in [2.24, 2.45) is 0 Å². The molecule has 0 radical (unpaired) electrons. The average molecular weight is 706 g/mol. The minimum Gasteiger partial charge on any atom is -0.309 e. The van der Waals surface area contributed by atoms with Gasteiger partial charge in [0.05, 0.1) is 10.4 Å². The summed E-state index contributed by atoms with van der Waals surface area (Å²) >= 11 is 1.86. The maximum absolute atomic E-state index is 2.43. The van der Waals surface area contributed by atoms with Crippen molar-refractivity contribution in [3.05, 3.63) is 212 Å². The third kappa shape index (κ3) is 5.84. The van der Waals surface area contributed by atoms with Crippen LogP contribution < -0.4 is 4.90 Å². The smallest absolute Gasteiger partial charge is 0.0640 e. The first-order valence-electron chi connectivity index (χ1n) is 18.4. The lowest BCUT2D eigenvalue weighted by Gasteiger charge is -2.27. The van der Waals surface area contributed by atoms with Crippen LogP contribution in [0, 0.1) is 0 Å². The molecule has 0 saturated heterocycles. The van der Waals surface area contributed by atoms with Gasteiger partial charge in [-0.05, 0) is 104 Å². The van der Waals surface area contributed by atoms with Gasteiger partial charge < -0.3 is 4.90 Å². The number of nitrogens with zero attached hydrogens (tertiary/aromatic N) is 1. The van der Waals surface area contributed by atoms with Crippen LogP contribution in [0.15, 0.2) is 212 Å². The number of fused-ring (bicyclic) bond motifs is 4. The maximum Gasteiger partial charge on any atom is 0.0640 e. The highest BCUT2D eigenvalue weighted by Crippen LogP contribution is 2.46. The highest BCUT2D eigenvalue weighted by Gasteiger charge is 2.19. The monoisotopic (exact) mass is 705 g/mol. The Bertz CT molecular complexity index is 2940. The van der Waals surface area contributed by atoms with E-state index in [-0.39, 0.29) is 0 Å². The zero-order valence-electron chi connectivity index (χ0n) is 29.6. The fourth-order valence-electron chi connectivity index (χ4n) is 7.80. The largest absolute Gasteiger partial charge is 0.309 e. The van der Waals surface area contributed by atoms with Gasteiger partial charge in [0.15, 0.2) is 0 Å². The van der Waals surface area contributed by atoms with Crippen LogP contribution in [0.2, 0.25) is 0 Å². The molecule has 0 bridgehead atoms. The SMILES string of the molecule is c1ccc(-c2ccccc2-c2cccc(N(c3ccc(-c4cccc(-c5ccc6ccccc6c5)c4)cc3)c3cccc4c3sc3ccccc34)c2)cc1. The van der Waals surface area contributed by atoms with E-state index in [1.54, 1.807) is 0 Å².